The number of nitrogens with zero attached hydrogens (tertiary/aromatic N) is 1. The molecule has 0 saturated carbocycles. The van der Waals surface area contributed by atoms with Gasteiger partial charge >= 0.3 is 6.18 Å². The van der Waals surface area contributed by atoms with Gasteiger partial charge in [-0.15, -0.1) is 11.3 Å². The Hall–Kier alpha value is -2.13. The van der Waals surface area contributed by atoms with Crippen molar-refractivity contribution in [1.29, 1.82) is 0 Å². The van der Waals surface area contributed by atoms with Gasteiger partial charge in [0.2, 0.25) is 5.91 Å². The number of nitrogens with one attached hydrogen (secondary N) is 1. The fourth-order valence-corrected chi connectivity index (χ4v) is 3.26. The van der Waals surface area contributed by atoms with Crippen LogP contribution in [0.25, 0.3) is 10.6 Å². The van der Waals surface area contributed by atoms with Gasteiger partial charge in [0, 0.05) is 18.5 Å². The number of unbranched alkanes of at least 4 members (excludes halogenated alkanes) is 1. The van der Waals surface area contributed by atoms with E-state index in [1.54, 1.807) is 0 Å². The third-order valence-electron chi connectivity index (χ3n) is 3.61. The number of carbonyl (C=O) groups is 1. The molecule has 154 valence electrons. The minimum absolute atomic E-state index is 0.0179. The van der Waals surface area contributed by atoms with Crippen molar-refractivity contribution in [2.45, 2.75) is 32.4 Å². The lowest BCUT2D eigenvalue weighted by molar-refractivity contribution is -0.174. The summed E-state index contributed by atoms with van der Waals surface area (Å²) in [6.45, 7) is 1.64. The number of hydrogen-bond donors (Lipinski definition) is 1. The summed E-state index contributed by atoms with van der Waals surface area (Å²) in [6, 6.07) is 7.61. The molecule has 0 atom stereocenters. The second kappa shape index (κ2) is 11.0. The van der Waals surface area contributed by atoms with E-state index in [1.807, 2.05) is 36.6 Å². The highest BCUT2D eigenvalue weighted by Crippen LogP contribution is 2.32. The number of carbonyl (C=O) groups excluding carboxylic acids is 1. The fraction of sp³-hybridized carbons (Fsp3) is 0.474. The number of halogens is 3. The molecule has 5 nitrogen and oxygen atoms in total. The topological polar surface area (TPSA) is 60.5 Å². The SMILES string of the molecule is CCOc1ccccc1-c1nc(CC(=O)NCCCCOCC(F)(F)F)cs1. The minimum atomic E-state index is -4.30. The van der Waals surface area contributed by atoms with Gasteiger partial charge in [-0.3, -0.25) is 4.79 Å². The molecule has 1 aromatic heterocycles. The van der Waals surface area contributed by atoms with Crippen LogP contribution in [-0.2, 0) is 16.0 Å². The first-order valence-electron chi connectivity index (χ1n) is 8.97. The van der Waals surface area contributed by atoms with Crippen LogP contribution in [0.2, 0.25) is 0 Å². The smallest absolute Gasteiger partial charge is 0.411 e. The number of rotatable bonds is 11. The highest BCUT2D eigenvalue weighted by atomic mass is 32.1. The van der Waals surface area contributed by atoms with Crippen molar-refractivity contribution >= 4 is 17.2 Å². The Kier molecular flexibility index (Phi) is 8.72. The zero-order valence-electron chi connectivity index (χ0n) is 15.6. The van der Waals surface area contributed by atoms with Crippen LogP contribution < -0.4 is 10.1 Å². The molecule has 1 aromatic carbocycles. The number of para-hydroxylation sites is 1. The zero-order valence-corrected chi connectivity index (χ0v) is 16.4. The standard InChI is InChI=1S/C19H23F3N2O3S/c1-2-27-16-8-4-3-7-15(16)18-24-14(12-28-18)11-17(25)23-9-5-6-10-26-13-19(20,21)22/h3-4,7-8,12H,2,5-6,9-11,13H2,1H3,(H,23,25). The Morgan fingerprint density at radius 3 is 2.79 bits per heavy atom. The molecule has 28 heavy (non-hydrogen) atoms. The number of alkyl halides is 3. The minimum Gasteiger partial charge on any atom is -0.493 e. The maximum Gasteiger partial charge on any atom is 0.411 e. The Labute approximate surface area is 165 Å². The van der Waals surface area contributed by atoms with Crippen molar-refractivity contribution in [2.24, 2.45) is 0 Å². The van der Waals surface area contributed by atoms with Crippen LogP contribution in [-0.4, -0.2) is 43.4 Å². The average Bonchev–Trinajstić information content (AvgIpc) is 3.09. The third-order valence-corrected chi connectivity index (χ3v) is 4.54. The van der Waals surface area contributed by atoms with E-state index in [4.69, 9.17) is 4.74 Å². The van der Waals surface area contributed by atoms with E-state index in [2.05, 4.69) is 15.0 Å². The van der Waals surface area contributed by atoms with Crippen molar-refractivity contribution < 1.29 is 27.4 Å². The largest absolute Gasteiger partial charge is 0.493 e. The molecule has 0 aliphatic carbocycles. The molecule has 0 aliphatic rings. The normalized spacial score (nSPS) is 11.4. The Morgan fingerprint density at radius 1 is 1.25 bits per heavy atom. The van der Waals surface area contributed by atoms with Crippen molar-refractivity contribution in [1.82, 2.24) is 10.3 Å². The van der Waals surface area contributed by atoms with Gasteiger partial charge in [0.15, 0.2) is 0 Å². The summed E-state index contributed by atoms with van der Waals surface area (Å²) in [5.41, 5.74) is 1.55. The lowest BCUT2D eigenvalue weighted by atomic mass is 10.2. The zero-order chi connectivity index (χ0) is 20.4. The fourth-order valence-electron chi connectivity index (χ4n) is 2.41. The second-order valence-corrected chi connectivity index (χ2v) is 6.83. The van der Waals surface area contributed by atoms with Crippen molar-refractivity contribution in [3.05, 3.63) is 35.3 Å². The van der Waals surface area contributed by atoms with Gasteiger partial charge in [-0.2, -0.15) is 13.2 Å². The van der Waals surface area contributed by atoms with Gasteiger partial charge in [0.25, 0.3) is 0 Å². The van der Waals surface area contributed by atoms with Crippen LogP contribution in [0.15, 0.2) is 29.6 Å². The molecule has 0 spiro atoms. The number of hydrogen-bond acceptors (Lipinski definition) is 5. The van der Waals surface area contributed by atoms with Gasteiger partial charge in [-0.1, -0.05) is 12.1 Å². The molecular weight excluding hydrogens is 393 g/mol. The lowest BCUT2D eigenvalue weighted by Crippen LogP contribution is -2.26. The van der Waals surface area contributed by atoms with E-state index in [-0.39, 0.29) is 18.9 Å². The Balaban J connectivity index is 1.73. The summed E-state index contributed by atoms with van der Waals surface area (Å²) < 4.78 is 45.9. The van der Waals surface area contributed by atoms with Crippen LogP contribution in [0.1, 0.15) is 25.5 Å². The Bertz CT molecular complexity index is 750. The molecule has 0 saturated heterocycles. The predicted molar refractivity (Wildman–Crippen MR) is 102 cm³/mol. The molecule has 1 amide bonds. The van der Waals surface area contributed by atoms with Crippen molar-refractivity contribution in [2.75, 3.05) is 26.4 Å². The van der Waals surface area contributed by atoms with Crippen LogP contribution in [0, 0.1) is 0 Å². The first-order valence-corrected chi connectivity index (χ1v) is 9.85. The molecule has 0 fully saturated rings. The number of benzene rings is 1. The molecule has 1 N–H and O–H groups in total. The summed E-state index contributed by atoms with van der Waals surface area (Å²) in [5, 5.41) is 5.36. The number of thiazole rings is 1. The van der Waals surface area contributed by atoms with E-state index < -0.39 is 12.8 Å². The van der Waals surface area contributed by atoms with Gasteiger partial charge in [-0.05, 0) is 31.9 Å². The predicted octanol–water partition coefficient (Wildman–Crippen LogP) is 4.23. The lowest BCUT2D eigenvalue weighted by Gasteiger charge is -2.08. The van der Waals surface area contributed by atoms with E-state index in [1.165, 1.54) is 11.3 Å². The molecule has 2 rings (SSSR count). The molecule has 0 radical (unpaired) electrons. The summed E-state index contributed by atoms with van der Waals surface area (Å²) in [7, 11) is 0. The Morgan fingerprint density at radius 2 is 2.04 bits per heavy atom. The molecular formula is C19H23F3N2O3S. The third kappa shape index (κ3) is 7.85. The number of ether oxygens (including phenoxy) is 2. The van der Waals surface area contributed by atoms with Crippen LogP contribution in [0.3, 0.4) is 0 Å². The first kappa shape index (κ1) is 22.2. The second-order valence-electron chi connectivity index (χ2n) is 5.97. The van der Waals surface area contributed by atoms with Crippen molar-refractivity contribution in [3.63, 3.8) is 0 Å². The van der Waals surface area contributed by atoms with E-state index >= 15 is 0 Å². The van der Waals surface area contributed by atoms with E-state index in [0.29, 0.717) is 31.7 Å². The average molecular weight is 416 g/mol. The van der Waals surface area contributed by atoms with Gasteiger partial charge in [-0.25, -0.2) is 4.98 Å². The molecule has 2 aromatic rings. The summed E-state index contributed by atoms with van der Waals surface area (Å²) in [6.07, 6.45) is -3.15. The van der Waals surface area contributed by atoms with Gasteiger partial charge in [0.05, 0.1) is 24.3 Å². The van der Waals surface area contributed by atoms with Crippen LogP contribution in [0.4, 0.5) is 13.2 Å². The van der Waals surface area contributed by atoms with Gasteiger partial charge < -0.3 is 14.8 Å². The van der Waals surface area contributed by atoms with E-state index in [0.717, 1.165) is 16.3 Å². The highest BCUT2D eigenvalue weighted by Gasteiger charge is 2.27. The highest BCUT2D eigenvalue weighted by molar-refractivity contribution is 7.13. The van der Waals surface area contributed by atoms with Crippen LogP contribution in [0.5, 0.6) is 5.75 Å². The first-order chi connectivity index (χ1) is 13.4. The number of aromatic nitrogens is 1. The van der Waals surface area contributed by atoms with Crippen LogP contribution >= 0.6 is 11.3 Å². The summed E-state index contributed by atoms with van der Waals surface area (Å²) >= 11 is 1.44. The monoisotopic (exact) mass is 416 g/mol. The summed E-state index contributed by atoms with van der Waals surface area (Å²) in [4.78, 5) is 16.5. The quantitative estimate of drug-likeness (QED) is 0.557. The van der Waals surface area contributed by atoms with Gasteiger partial charge in [0.1, 0.15) is 17.4 Å². The maximum absolute atomic E-state index is 12.0. The molecule has 9 heteroatoms. The molecule has 1 heterocycles. The molecule has 0 unspecified atom stereocenters. The molecule has 0 bridgehead atoms. The number of amides is 1. The molecule has 0 aliphatic heterocycles. The van der Waals surface area contributed by atoms with E-state index in [9.17, 15) is 18.0 Å². The maximum atomic E-state index is 12.0. The van der Waals surface area contributed by atoms with Crippen molar-refractivity contribution in [3.8, 4) is 16.3 Å². The summed E-state index contributed by atoms with van der Waals surface area (Å²) in [5.74, 6) is 0.578.